The van der Waals surface area contributed by atoms with Crippen LogP contribution in [0.4, 0.5) is 0 Å². The Bertz CT molecular complexity index is 259. The molecule has 86 valence electrons. The van der Waals surface area contributed by atoms with E-state index < -0.39 is 0 Å². The van der Waals surface area contributed by atoms with E-state index in [1.54, 1.807) is 11.3 Å². The average molecular weight is 227 g/mol. The summed E-state index contributed by atoms with van der Waals surface area (Å²) in [6.45, 7) is 7.24. The van der Waals surface area contributed by atoms with E-state index >= 15 is 0 Å². The molecule has 0 saturated heterocycles. The van der Waals surface area contributed by atoms with Crippen molar-refractivity contribution < 1.29 is 4.74 Å². The highest BCUT2D eigenvalue weighted by atomic mass is 32.1. The second kappa shape index (κ2) is 6.26. The van der Waals surface area contributed by atoms with Gasteiger partial charge in [0.25, 0.3) is 0 Å². The first-order chi connectivity index (χ1) is 7.20. The highest BCUT2D eigenvalue weighted by molar-refractivity contribution is 7.10. The summed E-state index contributed by atoms with van der Waals surface area (Å²) < 4.78 is 5.82. The Hall–Kier alpha value is -0.380. The molecule has 1 heterocycles. The molecule has 15 heavy (non-hydrogen) atoms. The molecule has 1 N–H and O–H groups in total. The highest BCUT2D eigenvalue weighted by Gasteiger charge is 2.25. The van der Waals surface area contributed by atoms with E-state index in [1.807, 2.05) is 7.05 Å². The lowest BCUT2D eigenvalue weighted by Crippen LogP contribution is -2.35. The normalized spacial score (nSPS) is 15.5. The van der Waals surface area contributed by atoms with Gasteiger partial charge in [0.2, 0.25) is 0 Å². The molecule has 0 fully saturated rings. The van der Waals surface area contributed by atoms with Crippen LogP contribution >= 0.6 is 11.3 Å². The van der Waals surface area contributed by atoms with Crippen molar-refractivity contribution in [2.24, 2.45) is 5.92 Å². The zero-order valence-electron chi connectivity index (χ0n) is 9.99. The SMILES string of the molecule is CCOC(C(C)C)C(NC)c1cccs1. The Kier molecular flexibility index (Phi) is 5.29. The first kappa shape index (κ1) is 12.7. The molecule has 0 aliphatic heterocycles. The van der Waals surface area contributed by atoms with Gasteiger partial charge in [0, 0.05) is 11.5 Å². The third-order valence-corrected chi connectivity index (χ3v) is 3.46. The van der Waals surface area contributed by atoms with Crippen LogP contribution in [-0.4, -0.2) is 19.8 Å². The third kappa shape index (κ3) is 3.30. The largest absolute Gasteiger partial charge is 0.376 e. The average Bonchev–Trinajstić information content (AvgIpc) is 2.71. The molecule has 0 aliphatic rings. The molecule has 0 aliphatic carbocycles. The first-order valence-corrected chi connectivity index (χ1v) is 6.41. The minimum atomic E-state index is 0.249. The van der Waals surface area contributed by atoms with Crippen LogP contribution in [0.15, 0.2) is 17.5 Å². The van der Waals surface area contributed by atoms with Gasteiger partial charge in [-0.3, -0.25) is 0 Å². The van der Waals surface area contributed by atoms with Gasteiger partial charge >= 0.3 is 0 Å². The first-order valence-electron chi connectivity index (χ1n) is 5.53. The van der Waals surface area contributed by atoms with Gasteiger partial charge in [-0.1, -0.05) is 19.9 Å². The number of nitrogens with one attached hydrogen (secondary N) is 1. The molecule has 0 bridgehead atoms. The predicted molar refractivity (Wildman–Crippen MR) is 66.4 cm³/mol. The van der Waals surface area contributed by atoms with Crippen LogP contribution in [0.1, 0.15) is 31.7 Å². The van der Waals surface area contributed by atoms with Crippen LogP contribution in [0.5, 0.6) is 0 Å². The van der Waals surface area contributed by atoms with Crippen molar-refractivity contribution in [2.75, 3.05) is 13.7 Å². The Labute approximate surface area is 96.7 Å². The maximum absolute atomic E-state index is 5.82. The topological polar surface area (TPSA) is 21.3 Å². The molecule has 1 aromatic rings. The van der Waals surface area contributed by atoms with E-state index in [4.69, 9.17) is 4.74 Å². The number of likely N-dealkylation sites (N-methyl/N-ethyl adjacent to an activating group) is 1. The van der Waals surface area contributed by atoms with Gasteiger partial charge in [0.15, 0.2) is 0 Å². The van der Waals surface area contributed by atoms with Gasteiger partial charge in [0.05, 0.1) is 12.1 Å². The molecule has 0 aromatic carbocycles. The fraction of sp³-hybridized carbons (Fsp3) is 0.667. The van der Waals surface area contributed by atoms with Crippen molar-refractivity contribution in [2.45, 2.75) is 32.9 Å². The van der Waals surface area contributed by atoms with E-state index in [-0.39, 0.29) is 6.10 Å². The van der Waals surface area contributed by atoms with E-state index in [0.29, 0.717) is 12.0 Å². The molecule has 0 spiro atoms. The molecule has 2 unspecified atom stereocenters. The zero-order valence-corrected chi connectivity index (χ0v) is 10.8. The maximum Gasteiger partial charge on any atom is 0.0800 e. The van der Waals surface area contributed by atoms with Crippen molar-refractivity contribution in [3.8, 4) is 0 Å². The summed E-state index contributed by atoms with van der Waals surface area (Å²) in [6, 6.07) is 4.57. The van der Waals surface area contributed by atoms with Crippen LogP contribution in [0.3, 0.4) is 0 Å². The lowest BCUT2D eigenvalue weighted by molar-refractivity contribution is 0.00543. The molecule has 1 rings (SSSR count). The van der Waals surface area contributed by atoms with Gasteiger partial charge in [-0.25, -0.2) is 0 Å². The lowest BCUT2D eigenvalue weighted by Gasteiger charge is -2.29. The van der Waals surface area contributed by atoms with Crippen LogP contribution < -0.4 is 5.32 Å². The molecular weight excluding hydrogens is 206 g/mol. The van der Waals surface area contributed by atoms with Crippen molar-refractivity contribution in [1.29, 1.82) is 0 Å². The monoisotopic (exact) mass is 227 g/mol. The van der Waals surface area contributed by atoms with Crippen LogP contribution in [0.2, 0.25) is 0 Å². The standard InChI is InChI=1S/C12H21NOS/c1-5-14-12(9(2)3)11(13-4)10-7-6-8-15-10/h6-9,11-13H,5H2,1-4H3. The number of ether oxygens (including phenoxy) is 1. The van der Waals surface area contributed by atoms with E-state index in [9.17, 15) is 0 Å². The van der Waals surface area contributed by atoms with E-state index in [0.717, 1.165) is 6.61 Å². The number of hydrogen-bond acceptors (Lipinski definition) is 3. The van der Waals surface area contributed by atoms with Gasteiger partial charge in [0.1, 0.15) is 0 Å². The highest BCUT2D eigenvalue weighted by Crippen LogP contribution is 2.27. The Morgan fingerprint density at radius 1 is 1.47 bits per heavy atom. The zero-order chi connectivity index (χ0) is 11.3. The predicted octanol–water partition coefficient (Wildman–Crippen LogP) is 3.07. The molecule has 2 atom stereocenters. The summed E-state index contributed by atoms with van der Waals surface area (Å²) in [7, 11) is 2.00. The van der Waals surface area contributed by atoms with Gasteiger partial charge in [-0.15, -0.1) is 11.3 Å². The lowest BCUT2D eigenvalue weighted by atomic mass is 9.98. The Morgan fingerprint density at radius 3 is 2.60 bits per heavy atom. The maximum atomic E-state index is 5.82. The molecular formula is C12H21NOS. The summed E-state index contributed by atoms with van der Waals surface area (Å²) in [5, 5.41) is 5.47. The smallest absolute Gasteiger partial charge is 0.0800 e. The fourth-order valence-corrected chi connectivity index (χ4v) is 2.67. The summed E-state index contributed by atoms with van der Waals surface area (Å²) in [5.41, 5.74) is 0. The minimum Gasteiger partial charge on any atom is -0.376 e. The van der Waals surface area contributed by atoms with Crippen LogP contribution in [0.25, 0.3) is 0 Å². The summed E-state index contributed by atoms with van der Waals surface area (Å²) in [6.07, 6.45) is 0.249. The van der Waals surface area contributed by atoms with Crippen LogP contribution in [0, 0.1) is 5.92 Å². The van der Waals surface area contributed by atoms with Crippen molar-refractivity contribution >= 4 is 11.3 Å². The Morgan fingerprint density at radius 2 is 2.20 bits per heavy atom. The number of hydrogen-bond donors (Lipinski definition) is 1. The van der Waals surface area contributed by atoms with Crippen molar-refractivity contribution in [1.82, 2.24) is 5.32 Å². The quantitative estimate of drug-likeness (QED) is 0.806. The van der Waals surface area contributed by atoms with Crippen LogP contribution in [-0.2, 0) is 4.74 Å². The molecule has 3 heteroatoms. The molecule has 0 saturated carbocycles. The third-order valence-electron chi connectivity index (χ3n) is 2.51. The van der Waals surface area contributed by atoms with E-state index in [1.165, 1.54) is 4.88 Å². The molecule has 1 aromatic heterocycles. The second-order valence-corrected chi connectivity index (χ2v) is 4.93. The molecule has 2 nitrogen and oxygen atoms in total. The fourth-order valence-electron chi connectivity index (χ4n) is 1.80. The summed E-state index contributed by atoms with van der Waals surface area (Å²) in [4.78, 5) is 1.35. The molecule has 0 amide bonds. The molecule has 0 radical (unpaired) electrons. The van der Waals surface area contributed by atoms with Gasteiger partial charge < -0.3 is 10.1 Å². The summed E-state index contributed by atoms with van der Waals surface area (Å²) in [5.74, 6) is 0.518. The second-order valence-electron chi connectivity index (χ2n) is 3.95. The van der Waals surface area contributed by atoms with Crippen molar-refractivity contribution in [3.63, 3.8) is 0 Å². The van der Waals surface area contributed by atoms with Gasteiger partial charge in [-0.2, -0.15) is 0 Å². The van der Waals surface area contributed by atoms with Crippen molar-refractivity contribution in [3.05, 3.63) is 22.4 Å². The minimum absolute atomic E-state index is 0.249. The van der Waals surface area contributed by atoms with E-state index in [2.05, 4.69) is 43.6 Å². The summed E-state index contributed by atoms with van der Waals surface area (Å²) >= 11 is 1.78. The number of rotatable bonds is 6. The Balaban J connectivity index is 2.78. The van der Waals surface area contributed by atoms with Gasteiger partial charge in [-0.05, 0) is 31.3 Å². The number of thiophene rings is 1.